The molecule has 2 rings (SSSR count). The normalized spacial score (nSPS) is 10.9. The molecule has 0 radical (unpaired) electrons. The number of hydrogen-bond donors (Lipinski definition) is 1. The van der Waals surface area contributed by atoms with Gasteiger partial charge in [0.1, 0.15) is 0 Å². The highest BCUT2D eigenvalue weighted by atomic mass is 19.4. The lowest BCUT2D eigenvalue weighted by molar-refractivity contribution is -0.0604. The molecule has 0 spiro atoms. The van der Waals surface area contributed by atoms with Crippen molar-refractivity contribution in [1.29, 1.82) is 5.41 Å². The molecule has 1 N–H and O–H groups in total. The van der Waals surface area contributed by atoms with Gasteiger partial charge in [0.25, 0.3) is 0 Å². The van der Waals surface area contributed by atoms with E-state index < -0.39 is 12.0 Å². The fraction of sp³-hybridized carbons (Fsp3) is 0.0667. The van der Waals surface area contributed by atoms with E-state index in [-0.39, 0.29) is 5.71 Å². The average molecular weight is 276 g/mol. The van der Waals surface area contributed by atoms with Crippen molar-refractivity contribution in [3.8, 4) is 0 Å². The molecule has 20 heavy (non-hydrogen) atoms. The standard InChI is InChI=1S/C15H11F3N2/c16-15(17,18)14(19)20-13(11-7-3-1-4-8-11)12-9-5-2-6-10-12/h1-10,19H. The Kier molecular flexibility index (Phi) is 3.98. The van der Waals surface area contributed by atoms with E-state index in [2.05, 4.69) is 4.99 Å². The Morgan fingerprint density at radius 3 is 1.55 bits per heavy atom. The molecule has 0 fully saturated rings. The molecule has 0 saturated carbocycles. The Morgan fingerprint density at radius 2 is 1.20 bits per heavy atom. The van der Waals surface area contributed by atoms with Gasteiger partial charge in [0.05, 0.1) is 5.71 Å². The van der Waals surface area contributed by atoms with Crippen LogP contribution in [0.5, 0.6) is 0 Å². The molecule has 5 heteroatoms. The van der Waals surface area contributed by atoms with Crippen LogP contribution < -0.4 is 0 Å². The van der Waals surface area contributed by atoms with Gasteiger partial charge in [-0.15, -0.1) is 0 Å². The minimum absolute atomic E-state index is 0.133. The molecule has 2 aromatic rings. The van der Waals surface area contributed by atoms with Gasteiger partial charge < -0.3 is 0 Å². The summed E-state index contributed by atoms with van der Waals surface area (Å²) in [5, 5.41) is 7.06. The lowest BCUT2D eigenvalue weighted by Gasteiger charge is -2.09. The number of hydrogen-bond acceptors (Lipinski definition) is 1. The first kappa shape index (κ1) is 14.0. The first-order valence-electron chi connectivity index (χ1n) is 5.84. The van der Waals surface area contributed by atoms with Crippen LogP contribution in [0, 0.1) is 5.41 Å². The molecule has 0 aliphatic rings. The lowest BCUT2D eigenvalue weighted by Crippen LogP contribution is -2.22. The summed E-state index contributed by atoms with van der Waals surface area (Å²) in [4.78, 5) is 3.46. The average Bonchev–Trinajstić information content (AvgIpc) is 2.45. The van der Waals surface area contributed by atoms with Gasteiger partial charge >= 0.3 is 6.18 Å². The number of nitrogens with zero attached hydrogens (tertiary/aromatic N) is 1. The molecule has 2 aromatic carbocycles. The number of halogens is 3. The zero-order valence-electron chi connectivity index (χ0n) is 10.4. The summed E-state index contributed by atoms with van der Waals surface area (Å²) >= 11 is 0. The molecule has 0 amide bonds. The second-order valence-electron chi connectivity index (χ2n) is 4.04. The summed E-state index contributed by atoms with van der Waals surface area (Å²) < 4.78 is 37.5. The third kappa shape index (κ3) is 3.32. The van der Waals surface area contributed by atoms with Crippen molar-refractivity contribution < 1.29 is 13.2 Å². The van der Waals surface area contributed by atoms with Crippen molar-refractivity contribution in [3.05, 3.63) is 71.8 Å². The van der Waals surface area contributed by atoms with E-state index in [4.69, 9.17) is 5.41 Å². The largest absolute Gasteiger partial charge is 0.450 e. The van der Waals surface area contributed by atoms with E-state index in [1.807, 2.05) is 0 Å². The van der Waals surface area contributed by atoms with E-state index in [1.54, 1.807) is 60.7 Å². The molecular weight excluding hydrogens is 265 g/mol. The van der Waals surface area contributed by atoms with Crippen molar-refractivity contribution in [2.24, 2.45) is 4.99 Å². The topological polar surface area (TPSA) is 36.2 Å². The van der Waals surface area contributed by atoms with E-state index >= 15 is 0 Å². The number of nitrogens with one attached hydrogen (secondary N) is 1. The van der Waals surface area contributed by atoms with Crippen molar-refractivity contribution in [2.75, 3.05) is 0 Å². The minimum atomic E-state index is -4.76. The summed E-state index contributed by atoms with van der Waals surface area (Å²) in [5.74, 6) is -1.61. The van der Waals surface area contributed by atoms with Crippen LogP contribution >= 0.6 is 0 Å². The summed E-state index contributed by atoms with van der Waals surface area (Å²) in [7, 11) is 0. The fourth-order valence-corrected chi connectivity index (χ4v) is 1.66. The molecule has 0 aliphatic carbocycles. The predicted octanol–water partition coefficient (Wildman–Crippen LogP) is 4.06. The molecule has 102 valence electrons. The second-order valence-corrected chi connectivity index (χ2v) is 4.04. The van der Waals surface area contributed by atoms with Crippen LogP contribution in [0.4, 0.5) is 13.2 Å². The van der Waals surface area contributed by atoms with Gasteiger partial charge in [-0.1, -0.05) is 60.7 Å². The van der Waals surface area contributed by atoms with Crippen molar-refractivity contribution in [3.63, 3.8) is 0 Å². The van der Waals surface area contributed by atoms with E-state index in [0.717, 1.165) is 0 Å². The third-order valence-corrected chi connectivity index (χ3v) is 2.59. The number of rotatable bonds is 2. The van der Waals surface area contributed by atoms with Gasteiger partial charge in [0.15, 0.2) is 0 Å². The van der Waals surface area contributed by atoms with Crippen LogP contribution in [-0.4, -0.2) is 17.7 Å². The Bertz CT molecular complexity index is 575. The monoisotopic (exact) mass is 276 g/mol. The maximum Gasteiger partial charge on any atom is 0.450 e. The van der Waals surface area contributed by atoms with Crippen molar-refractivity contribution in [2.45, 2.75) is 6.18 Å². The zero-order chi connectivity index (χ0) is 14.6. The van der Waals surface area contributed by atoms with E-state index in [1.165, 1.54) is 0 Å². The van der Waals surface area contributed by atoms with Crippen LogP contribution in [-0.2, 0) is 0 Å². The summed E-state index contributed by atoms with van der Waals surface area (Å²) in [6, 6.07) is 17.0. The van der Waals surface area contributed by atoms with Gasteiger partial charge in [-0.25, -0.2) is 4.99 Å². The van der Waals surface area contributed by atoms with Gasteiger partial charge in [-0.05, 0) is 0 Å². The first-order valence-corrected chi connectivity index (χ1v) is 5.84. The number of benzene rings is 2. The highest BCUT2D eigenvalue weighted by Crippen LogP contribution is 2.19. The summed E-state index contributed by atoms with van der Waals surface area (Å²) in [5.41, 5.74) is 1.20. The van der Waals surface area contributed by atoms with Crippen LogP contribution in [0.15, 0.2) is 65.7 Å². The Labute approximate surface area is 114 Å². The van der Waals surface area contributed by atoms with Crippen LogP contribution in [0.25, 0.3) is 0 Å². The first-order chi connectivity index (χ1) is 9.48. The van der Waals surface area contributed by atoms with E-state index in [0.29, 0.717) is 11.1 Å². The highest BCUT2D eigenvalue weighted by molar-refractivity contribution is 6.17. The van der Waals surface area contributed by atoms with Crippen LogP contribution in [0.2, 0.25) is 0 Å². The molecule has 0 aromatic heterocycles. The molecule has 0 aliphatic heterocycles. The lowest BCUT2D eigenvalue weighted by atomic mass is 10.0. The molecule has 0 saturated heterocycles. The van der Waals surface area contributed by atoms with Gasteiger partial charge in [0.2, 0.25) is 5.84 Å². The molecule has 0 heterocycles. The highest BCUT2D eigenvalue weighted by Gasteiger charge is 2.35. The molecular formula is C15H11F3N2. The smallest absolute Gasteiger partial charge is 0.279 e. The van der Waals surface area contributed by atoms with E-state index in [9.17, 15) is 13.2 Å². The molecule has 2 nitrogen and oxygen atoms in total. The Balaban J connectivity index is 2.52. The molecule has 0 bridgehead atoms. The van der Waals surface area contributed by atoms with Crippen LogP contribution in [0.1, 0.15) is 11.1 Å². The molecule has 0 unspecified atom stereocenters. The van der Waals surface area contributed by atoms with Gasteiger partial charge in [-0.3, -0.25) is 5.41 Å². The van der Waals surface area contributed by atoms with Crippen molar-refractivity contribution >= 4 is 11.5 Å². The predicted molar refractivity (Wildman–Crippen MR) is 72.3 cm³/mol. The number of aliphatic imine (C=N–C) groups is 1. The summed E-state index contributed by atoms with van der Waals surface area (Å²) in [6.07, 6.45) is -4.76. The quantitative estimate of drug-likeness (QED) is 0.634. The zero-order valence-corrected chi connectivity index (χ0v) is 10.4. The van der Waals surface area contributed by atoms with Crippen molar-refractivity contribution in [1.82, 2.24) is 0 Å². The second kappa shape index (κ2) is 5.69. The number of amidine groups is 1. The number of alkyl halides is 3. The maximum absolute atomic E-state index is 12.5. The Morgan fingerprint density at radius 1 is 0.800 bits per heavy atom. The SMILES string of the molecule is N=C(N=C(c1ccccc1)c1ccccc1)C(F)(F)F. The Hall–Kier alpha value is -2.43. The van der Waals surface area contributed by atoms with Gasteiger partial charge in [0, 0.05) is 11.1 Å². The molecule has 0 atom stereocenters. The van der Waals surface area contributed by atoms with Gasteiger partial charge in [-0.2, -0.15) is 13.2 Å². The van der Waals surface area contributed by atoms with Crippen LogP contribution in [0.3, 0.4) is 0 Å². The third-order valence-electron chi connectivity index (χ3n) is 2.59. The fourth-order valence-electron chi connectivity index (χ4n) is 1.66. The summed E-state index contributed by atoms with van der Waals surface area (Å²) in [6.45, 7) is 0. The minimum Gasteiger partial charge on any atom is -0.279 e. The maximum atomic E-state index is 12.5.